The summed E-state index contributed by atoms with van der Waals surface area (Å²) in [6.45, 7) is 0. The van der Waals surface area contributed by atoms with Crippen molar-refractivity contribution in [3.63, 3.8) is 0 Å². The summed E-state index contributed by atoms with van der Waals surface area (Å²) >= 11 is 0. The Morgan fingerprint density at radius 3 is 1.39 bits per heavy atom. The van der Waals surface area contributed by atoms with Crippen molar-refractivity contribution in [2.75, 3.05) is 0 Å². The summed E-state index contributed by atoms with van der Waals surface area (Å²) in [5.74, 6) is 0.0286. The van der Waals surface area contributed by atoms with Crippen molar-refractivity contribution in [2.45, 2.75) is 5.92 Å². The Labute approximate surface area is 237 Å². The molecule has 0 fully saturated rings. The third-order valence-electron chi connectivity index (χ3n) is 8.04. The summed E-state index contributed by atoms with van der Waals surface area (Å²) in [4.78, 5) is 15.1. The molecule has 0 saturated heterocycles. The van der Waals surface area contributed by atoms with Gasteiger partial charge in [-0.3, -0.25) is 0 Å². The maximum absolute atomic E-state index is 3.83. The highest BCUT2D eigenvalue weighted by Crippen LogP contribution is 2.34. The predicted molar refractivity (Wildman–Crippen MR) is 165 cm³/mol. The minimum Gasteiger partial charge on any atom is -0.357 e. The van der Waals surface area contributed by atoms with Crippen LogP contribution in [0.3, 0.4) is 0 Å². The molecule has 0 spiro atoms. The quantitative estimate of drug-likeness (QED) is 0.198. The van der Waals surface area contributed by atoms with Crippen molar-refractivity contribution in [1.29, 1.82) is 0 Å². The van der Waals surface area contributed by atoms with E-state index >= 15 is 0 Å². The number of aromatic amines is 4. The highest BCUT2D eigenvalue weighted by atomic mass is 14.8. The molecule has 4 nitrogen and oxygen atoms in total. The third kappa shape index (κ3) is 4.09. The molecule has 8 bridgehead atoms. The zero-order valence-electron chi connectivity index (χ0n) is 22.4. The van der Waals surface area contributed by atoms with Crippen molar-refractivity contribution in [3.05, 3.63) is 190 Å². The van der Waals surface area contributed by atoms with E-state index in [4.69, 9.17) is 0 Å². The van der Waals surface area contributed by atoms with Crippen LogP contribution in [-0.2, 0) is 0 Å². The summed E-state index contributed by atoms with van der Waals surface area (Å²) < 4.78 is 0. The first-order valence-corrected chi connectivity index (χ1v) is 14.0. The van der Waals surface area contributed by atoms with E-state index in [1.54, 1.807) is 0 Å². The zero-order chi connectivity index (χ0) is 27.2. The first kappa shape index (κ1) is 23.4. The molecular weight excluding hydrogens is 500 g/mol. The lowest BCUT2D eigenvalue weighted by Gasteiger charge is -2.16. The number of benzene rings is 3. The van der Waals surface area contributed by atoms with Gasteiger partial charge in [0.2, 0.25) is 0 Å². The topological polar surface area (TPSA) is 63.2 Å². The van der Waals surface area contributed by atoms with Crippen molar-refractivity contribution < 1.29 is 0 Å². The van der Waals surface area contributed by atoms with Crippen molar-refractivity contribution >= 4 is 11.1 Å². The van der Waals surface area contributed by atoms with Gasteiger partial charge in [0.05, 0.1) is 17.3 Å². The largest absolute Gasteiger partial charge is 0.357 e. The SMILES string of the molecule is c1ccc(C2=c3ccc([nH]3)=C(c3ccccc3)c3ccc([nH]3)C(c3ccccc3)c3ccc([nH]3)-c3ccc2[nH]3)cc1. The molecule has 0 aliphatic carbocycles. The lowest BCUT2D eigenvalue weighted by atomic mass is 9.93. The van der Waals surface area contributed by atoms with Gasteiger partial charge in [-0.1, -0.05) is 91.0 Å². The predicted octanol–water partition coefficient (Wildman–Crippen LogP) is 6.65. The number of hydrogen-bond acceptors (Lipinski definition) is 0. The lowest BCUT2D eigenvalue weighted by Crippen LogP contribution is -2.17. The monoisotopic (exact) mass is 528 g/mol. The van der Waals surface area contributed by atoms with Gasteiger partial charge in [-0.2, -0.15) is 0 Å². The van der Waals surface area contributed by atoms with Gasteiger partial charge in [-0.25, -0.2) is 0 Å². The molecule has 1 atom stereocenters. The average Bonchev–Trinajstić information content (AvgIpc) is 3.84. The van der Waals surface area contributed by atoms with Gasteiger partial charge in [0.1, 0.15) is 0 Å². The number of rotatable bonds is 3. The Balaban J connectivity index is 1.47. The first-order valence-electron chi connectivity index (χ1n) is 14.0. The van der Waals surface area contributed by atoms with Crippen LogP contribution >= 0.6 is 0 Å². The van der Waals surface area contributed by atoms with Crippen LogP contribution in [0.1, 0.15) is 45.4 Å². The zero-order valence-corrected chi connectivity index (χ0v) is 22.4. The normalized spacial score (nSPS) is 14.5. The van der Waals surface area contributed by atoms with Gasteiger partial charge < -0.3 is 19.9 Å². The second-order valence-corrected chi connectivity index (χ2v) is 10.6. The van der Waals surface area contributed by atoms with E-state index in [-0.39, 0.29) is 5.92 Å². The van der Waals surface area contributed by atoms with Gasteiger partial charge >= 0.3 is 0 Å². The van der Waals surface area contributed by atoms with Crippen LogP contribution in [0.5, 0.6) is 0 Å². The van der Waals surface area contributed by atoms with E-state index in [0.29, 0.717) is 0 Å². The number of aromatic nitrogens is 4. The van der Waals surface area contributed by atoms with E-state index in [1.165, 1.54) is 5.56 Å². The van der Waals surface area contributed by atoms with Gasteiger partial charge in [-0.05, 0) is 65.2 Å². The fourth-order valence-electron chi connectivity index (χ4n) is 6.14. The fraction of sp³-hybridized carbons (Fsp3) is 0.0270. The van der Waals surface area contributed by atoms with Crippen LogP contribution in [0.4, 0.5) is 0 Å². The summed E-state index contributed by atoms with van der Waals surface area (Å²) in [6, 6.07) is 49.4. The van der Waals surface area contributed by atoms with Gasteiger partial charge in [0.15, 0.2) is 0 Å². The van der Waals surface area contributed by atoms with E-state index < -0.39 is 0 Å². The van der Waals surface area contributed by atoms with Gasteiger partial charge in [0, 0.05) is 44.6 Å². The smallest absolute Gasteiger partial charge is 0.0641 e. The van der Waals surface area contributed by atoms with Crippen LogP contribution in [0.25, 0.3) is 22.5 Å². The summed E-state index contributed by atoms with van der Waals surface area (Å²) in [5.41, 5.74) is 12.3. The highest BCUT2D eigenvalue weighted by molar-refractivity contribution is 5.80. The molecule has 1 aliphatic heterocycles. The molecule has 41 heavy (non-hydrogen) atoms. The average molecular weight is 529 g/mol. The van der Waals surface area contributed by atoms with E-state index in [2.05, 4.69) is 159 Å². The Bertz CT molecular complexity index is 2090. The Kier molecular flexibility index (Phi) is 5.49. The standard InChI is InChI=1S/C37H28N4/c1-4-10-24(11-5-1)35-29-18-16-27(38-29)28-17-19-30(39-28)36(25-12-6-2-7-13-25)32-21-23-34(41-32)37(26-14-8-3-9-15-26)33-22-20-31(35)40-33/h1-23,35,38-41H. The molecular formula is C37H28N4. The van der Waals surface area contributed by atoms with Gasteiger partial charge in [-0.15, -0.1) is 0 Å². The van der Waals surface area contributed by atoms with Crippen LogP contribution in [0.2, 0.25) is 0 Å². The number of fused-ring (bicyclic) bond motifs is 9. The highest BCUT2D eigenvalue weighted by Gasteiger charge is 2.22. The van der Waals surface area contributed by atoms with E-state index in [0.717, 1.165) is 67.1 Å². The molecule has 4 heteroatoms. The van der Waals surface area contributed by atoms with E-state index in [9.17, 15) is 0 Å². The minimum absolute atomic E-state index is 0.0286. The molecule has 3 aromatic carbocycles. The number of nitrogens with one attached hydrogen (secondary N) is 4. The van der Waals surface area contributed by atoms with Crippen molar-refractivity contribution in [1.82, 2.24) is 19.9 Å². The van der Waals surface area contributed by atoms with E-state index in [1.807, 2.05) is 0 Å². The third-order valence-corrected chi connectivity index (χ3v) is 8.04. The fourth-order valence-corrected chi connectivity index (χ4v) is 6.14. The minimum atomic E-state index is 0.0286. The van der Waals surface area contributed by atoms with Crippen LogP contribution in [0, 0.1) is 0 Å². The Morgan fingerprint density at radius 2 is 0.780 bits per heavy atom. The van der Waals surface area contributed by atoms with Crippen molar-refractivity contribution in [3.8, 4) is 11.4 Å². The molecule has 4 N–H and O–H groups in total. The molecule has 1 aliphatic rings. The van der Waals surface area contributed by atoms with Crippen molar-refractivity contribution in [2.24, 2.45) is 0 Å². The second kappa shape index (κ2) is 9.61. The summed E-state index contributed by atoms with van der Waals surface area (Å²) in [5, 5.41) is 2.12. The van der Waals surface area contributed by atoms with Crippen LogP contribution in [0.15, 0.2) is 140 Å². The number of hydrogen-bond donors (Lipinski definition) is 4. The molecule has 0 radical (unpaired) electrons. The summed E-state index contributed by atoms with van der Waals surface area (Å²) in [6.07, 6.45) is 0. The molecule has 1 unspecified atom stereocenters. The molecule has 7 aromatic rings. The molecule has 0 amide bonds. The van der Waals surface area contributed by atoms with Crippen LogP contribution in [-0.4, -0.2) is 19.9 Å². The Morgan fingerprint density at radius 1 is 0.341 bits per heavy atom. The van der Waals surface area contributed by atoms with Gasteiger partial charge in [0.25, 0.3) is 0 Å². The molecule has 196 valence electrons. The van der Waals surface area contributed by atoms with Crippen LogP contribution < -0.4 is 10.7 Å². The second-order valence-electron chi connectivity index (χ2n) is 10.6. The first-order chi connectivity index (χ1) is 20.3. The number of H-pyrrole nitrogens is 4. The molecule has 5 heterocycles. The molecule has 8 rings (SSSR count). The maximum atomic E-state index is 3.83. The maximum Gasteiger partial charge on any atom is 0.0641 e. The molecule has 4 aromatic heterocycles. The lowest BCUT2D eigenvalue weighted by molar-refractivity contribution is 0.896. The molecule has 0 saturated carbocycles. The summed E-state index contributed by atoms with van der Waals surface area (Å²) in [7, 11) is 0. The Hall–Kier alpha value is -5.48.